The van der Waals surface area contributed by atoms with Crippen LogP contribution in [-0.4, -0.2) is 41.5 Å². The number of hydrogen-bond donors (Lipinski definition) is 1. The van der Waals surface area contributed by atoms with E-state index in [2.05, 4.69) is 15.3 Å². The Morgan fingerprint density at radius 3 is 2.32 bits per heavy atom. The second-order valence-corrected chi connectivity index (χ2v) is 7.63. The molecule has 1 N–H and O–H groups in total. The molecule has 0 aliphatic carbocycles. The number of rotatable bonds is 5. The number of benzene rings is 2. The zero-order chi connectivity index (χ0) is 22.0. The fourth-order valence-corrected chi connectivity index (χ4v) is 3.88. The van der Waals surface area contributed by atoms with Gasteiger partial charge in [0.25, 0.3) is 5.91 Å². The summed E-state index contributed by atoms with van der Waals surface area (Å²) in [6.07, 6.45) is 0.774. The predicted molar refractivity (Wildman–Crippen MR) is 119 cm³/mol. The molecule has 0 saturated heterocycles. The fourth-order valence-electron chi connectivity index (χ4n) is 3.88. The SMILES string of the molecule is COc1cc2c(cc1OC)CN(C(=O)c1cccc(Nc3nc(C)cc(C)n3)c1)CC2. The summed E-state index contributed by atoms with van der Waals surface area (Å²) < 4.78 is 10.8. The van der Waals surface area contributed by atoms with Gasteiger partial charge in [0.15, 0.2) is 11.5 Å². The zero-order valence-corrected chi connectivity index (χ0v) is 18.2. The maximum absolute atomic E-state index is 13.2. The van der Waals surface area contributed by atoms with Crippen LogP contribution in [0.5, 0.6) is 11.5 Å². The first-order chi connectivity index (χ1) is 15.0. The third kappa shape index (κ3) is 4.45. The second-order valence-electron chi connectivity index (χ2n) is 7.63. The molecule has 3 aromatic rings. The molecule has 0 fully saturated rings. The van der Waals surface area contributed by atoms with Crippen molar-refractivity contribution < 1.29 is 14.3 Å². The minimum Gasteiger partial charge on any atom is -0.493 e. The van der Waals surface area contributed by atoms with Crippen LogP contribution in [-0.2, 0) is 13.0 Å². The molecule has 2 aromatic carbocycles. The van der Waals surface area contributed by atoms with Gasteiger partial charge in [-0.3, -0.25) is 4.79 Å². The Bertz CT molecular complexity index is 1110. The normalized spacial score (nSPS) is 12.8. The summed E-state index contributed by atoms with van der Waals surface area (Å²) in [5.74, 6) is 1.91. The third-order valence-electron chi connectivity index (χ3n) is 5.35. The molecule has 1 aliphatic heterocycles. The Morgan fingerprint density at radius 2 is 1.65 bits per heavy atom. The lowest BCUT2D eigenvalue weighted by molar-refractivity contribution is 0.0734. The third-order valence-corrected chi connectivity index (χ3v) is 5.35. The van der Waals surface area contributed by atoms with E-state index in [9.17, 15) is 4.79 Å². The Morgan fingerprint density at radius 1 is 0.968 bits per heavy atom. The Balaban J connectivity index is 1.53. The van der Waals surface area contributed by atoms with Gasteiger partial charge in [0.05, 0.1) is 14.2 Å². The van der Waals surface area contributed by atoms with Gasteiger partial charge in [-0.2, -0.15) is 0 Å². The standard InChI is InChI=1S/C24H26N4O3/c1-15-10-16(2)26-24(25-15)27-20-7-5-6-18(11-20)23(29)28-9-8-17-12-21(30-3)22(31-4)13-19(17)14-28/h5-7,10-13H,8-9,14H2,1-4H3,(H,25,26,27). The van der Waals surface area contributed by atoms with Crippen LogP contribution < -0.4 is 14.8 Å². The van der Waals surface area contributed by atoms with Crippen LogP contribution in [0, 0.1) is 13.8 Å². The fraction of sp³-hybridized carbons (Fsp3) is 0.292. The van der Waals surface area contributed by atoms with Gasteiger partial charge in [-0.15, -0.1) is 0 Å². The zero-order valence-electron chi connectivity index (χ0n) is 18.2. The number of aromatic nitrogens is 2. The van der Waals surface area contributed by atoms with Gasteiger partial charge < -0.3 is 19.7 Å². The predicted octanol–water partition coefficient (Wildman–Crippen LogP) is 4.05. The summed E-state index contributed by atoms with van der Waals surface area (Å²) in [4.78, 5) is 23.9. The molecule has 0 spiro atoms. The lowest BCUT2D eigenvalue weighted by Crippen LogP contribution is -2.36. The molecule has 7 nitrogen and oxygen atoms in total. The molecule has 1 aromatic heterocycles. The van der Waals surface area contributed by atoms with Gasteiger partial charge in [-0.1, -0.05) is 6.07 Å². The molecular formula is C24H26N4O3. The molecule has 0 saturated carbocycles. The van der Waals surface area contributed by atoms with E-state index in [0.717, 1.165) is 29.1 Å². The van der Waals surface area contributed by atoms with Crippen LogP contribution in [0.25, 0.3) is 0 Å². The van der Waals surface area contributed by atoms with Crippen molar-refractivity contribution in [3.63, 3.8) is 0 Å². The first-order valence-corrected chi connectivity index (χ1v) is 10.2. The average molecular weight is 418 g/mol. The number of amides is 1. The van der Waals surface area contributed by atoms with Crippen molar-refractivity contribution in [3.05, 3.63) is 70.5 Å². The van der Waals surface area contributed by atoms with E-state index in [4.69, 9.17) is 9.47 Å². The van der Waals surface area contributed by atoms with Gasteiger partial charge in [-0.25, -0.2) is 9.97 Å². The molecule has 2 heterocycles. The molecule has 160 valence electrons. The molecule has 0 radical (unpaired) electrons. The van der Waals surface area contributed by atoms with E-state index in [0.29, 0.717) is 36.1 Å². The number of ether oxygens (including phenoxy) is 2. The number of hydrogen-bond acceptors (Lipinski definition) is 6. The Labute approximate surface area is 182 Å². The van der Waals surface area contributed by atoms with Crippen molar-refractivity contribution in [2.75, 3.05) is 26.1 Å². The molecule has 0 bridgehead atoms. The van der Waals surface area contributed by atoms with Crippen LogP contribution >= 0.6 is 0 Å². The Hall–Kier alpha value is -3.61. The molecule has 0 unspecified atom stereocenters. The molecule has 1 amide bonds. The number of anilines is 2. The molecule has 1 aliphatic rings. The minimum absolute atomic E-state index is 0.00886. The highest BCUT2D eigenvalue weighted by Gasteiger charge is 2.24. The van der Waals surface area contributed by atoms with E-state index in [1.54, 1.807) is 14.2 Å². The molecule has 31 heavy (non-hydrogen) atoms. The number of fused-ring (bicyclic) bond motifs is 1. The monoisotopic (exact) mass is 418 g/mol. The van der Waals surface area contributed by atoms with E-state index in [1.165, 1.54) is 5.56 Å². The number of methoxy groups -OCH3 is 2. The lowest BCUT2D eigenvalue weighted by Gasteiger charge is -2.30. The first-order valence-electron chi connectivity index (χ1n) is 10.2. The lowest BCUT2D eigenvalue weighted by atomic mass is 9.98. The van der Waals surface area contributed by atoms with Gasteiger partial charge in [0, 0.05) is 35.7 Å². The van der Waals surface area contributed by atoms with Crippen LogP contribution in [0.4, 0.5) is 11.6 Å². The summed E-state index contributed by atoms with van der Waals surface area (Å²) >= 11 is 0. The highest BCUT2D eigenvalue weighted by Crippen LogP contribution is 2.33. The van der Waals surface area contributed by atoms with Crippen molar-refractivity contribution in [1.82, 2.24) is 14.9 Å². The van der Waals surface area contributed by atoms with E-state index in [-0.39, 0.29) is 5.91 Å². The van der Waals surface area contributed by atoms with Gasteiger partial charge in [-0.05, 0) is 67.8 Å². The quantitative estimate of drug-likeness (QED) is 0.674. The Kier molecular flexibility index (Phi) is 5.75. The molecule has 7 heteroatoms. The smallest absolute Gasteiger partial charge is 0.254 e. The van der Waals surface area contributed by atoms with Crippen LogP contribution in [0.1, 0.15) is 32.9 Å². The maximum Gasteiger partial charge on any atom is 0.254 e. The number of nitrogens with one attached hydrogen (secondary N) is 1. The second kappa shape index (κ2) is 8.63. The summed E-state index contributed by atoms with van der Waals surface area (Å²) in [7, 11) is 3.25. The number of carbonyl (C=O) groups excluding carboxylic acids is 1. The number of aryl methyl sites for hydroxylation is 2. The van der Waals surface area contributed by atoms with Crippen molar-refractivity contribution in [2.45, 2.75) is 26.8 Å². The first kappa shape index (κ1) is 20.7. The summed E-state index contributed by atoms with van der Waals surface area (Å²) in [6.45, 7) is 5.04. The van der Waals surface area contributed by atoms with E-state index in [1.807, 2.05) is 61.2 Å². The maximum atomic E-state index is 13.2. The van der Waals surface area contributed by atoms with Crippen LogP contribution in [0.2, 0.25) is 0 Å². The summed E-state index contributed by atoms with van der Waals surface area (Å²) in [5, 5.41) is 3.20. The molecule has 0 atom stereocenters. The number of nitrogens with zero attached hydrogens (tertiary/aromatic N) is 3. The van der Waals surface area contributed by atoms with Gasteiger partial charge in [0.2, 0.25) is 5.95 Å². The van der Waals surface area contributed by atoms with Crippen molar-refractivity contribution >= 4 is 17.5 Å². The van der Waals surface area contributed by atoms with Gasteiger partial charge in [0.1, 0.15) is 0 Å². The minimum atomic E-state index is -0.00886. The van der Waals surface area contributed by atoms with E-state index < -0.39 is 0 Å². The molecular weight excluding hydrogens is 392 g/mol. The van der Waals surface area contributed by atoms with Crippen molar-refractivity contribution in [2.24, 2.45) is 0 Å². The van der Waals surface area contributed by atoms with E-state index >= 15 is 0 Å². The summed E-state index contributed by atoms with van der Waals surface area (Å²) in [6, 6.07) is 13.3. The highest BCUT2D eigenvalue weighted by molar-refractivity contribution is 5.95. The van der Waals surface area contributed by atoms with Crippen LogP contribution in [0.3, 0.4) is 0 Å². The van der Waals surface area contributed by atoms with Crippen molar-refractivity contribution in [3.8, 4) is 11.5 Å². The molecule has 4 rings (SSSR count). The number of carbonyl (C=O) groups is 1. The van der Waals surface area contributed by atoms with Crippen molar-refractivity contribution in [1.29, 1.82) is 0 Å². The largest absolute Gasteiger partial charge is 0.493 e. The van der Waals surface area contributed by atoms with Gasteiger partial charge >= 0.3 is 0 Å². The topological polar surface area (TPSA) is 76.6 Å². The average Bonchev–Trinajstić information content (AvgIpc) is 2.76. The van der Waals surface area contributed by atoms with Crippen LogP contribution in [0.15, 0.2) is 42.5 Å². The highest BCUT2D eigenvalue weighted by atomic mass is 16.5. The summed E-state index contributed by atoms with van der Waals surface area (Å²) in [5.41, 5.74) is 5.44.